The van der Waals surface area contributed by atoms with E-state index in [1.54, 1.807) is 170 Å². The molecule has 4 aliphatic rings. The summed E-state index contributed by atoms with van der Waals surface area (Å²) in [5, 5.41) is 53.2. The summed E-state index contributed by atoms with van der Waals surface area (Å²) in [5.74, 6) is -5.28. The Morgan fingerprint density at radius 3 is 1.22 bits per heavy atom. The fourth-order valence-electron chi connectivity index (χ4n) is 11.7. The Morgan fingerprint density at radius 2 is 0.809 bits per heavy atom. The van der Waals surface area contributed by atoms with E-state index in [-0.39, 0.29) is 117 Å². The number of hydrogen-bond acceptors (Lipinski definition) is 19. The molecule has 3 aromatic heterocycles. The van der Waals surface area contributed by atoms with E-state index in [4.69, 9.17) is 28.9 Å². The summed E-state index contributed by atoms with van der Waals surface area (Å²) in [7, 11) is 0. The van der Waals surface area contributed by atoms with Crippen LogP contribution in [0, 0.1) is 45.3 Å². The smallest absolute Gasteiger partial charge is 0.333 e. The Bertz CT molecular complexity index is 4660. The number of Topliss-reactive ketones (excluding diaryl/α,β-unsaturated/α-hetero) is 1. The summed E-state index contributed by atoms with van der Waals surface area (Å²) in [6, 6.07) is 58.5. The van der Waals surface area contributed by atoms with Crippen molar-refractivity contribution in [3.05, 3.63) is 260 Å². The summed E-state index contributed by atoms with van der Waals surface area (Å²) < 4.78 is 25.3. The zero-order chi connectivity index (χ0) is 61.6. The summed E-state index contributed by atoms with van der Waals surface area (Å²) in [6.07, 6.45) is -1.43. The van der Waals surface area contributed by atoms with E-state index in [0.717, 1.165) is 34.0 Å². The second kappa shape index (κ2) is 23.2. The number of hydrogen-bond donors (Lipinski definition) is 1. The SMILES string of the molecule is N#CC(C#N)=C1/C(=N\c2cc3c(s2)-c2sc4c(c2C3(C(=O)OCc2ccccc2)C(=O)OCc2ccccc2)C(C(=O)OCc2ccccc2)(C(=O)OCc2ccccc2)c2cc(/N=C3/C(=C(C#N)C#N)c5ccccc5C3O)sc2-4)C(=O)c2ccccc21. The Morgan fingerprint density at radius 1 is 0.449 bits per heavy atom. The molecule has 9 aromatic rings. The molecule has 0 fully saturated rings. The molecule has 0 aliphatic heterocycles. The molecule has 19 heteroatoms. The van der Waals surface area contributed by atoms with Crippen molar-refractivity contribution in [2.45, 2.75) is 43.4 Å². The lowest BCUT2D eigenvalue weighted by Crippen LogP contribution is -2.50. The number of nitrogens with zero attached hydrogens (tertiary/aromatic N) is 6. The lowest BCUT2D eigenvalue weighted by Gasteiger charge is -2.32. The molecular weight excluding hydrogens is 1180 g/mol. The van der Waals surface area contributed by atoms with Crippen LogP contribution >= 0.6 is 34.0 Å². The van der Waals surface area contributed by atoms with Gasteiger partial charge < -0.3 is 24.1 Å². The number of ether oxygens (including phenoxy) is 4. The van der Waals surface area contributed by atoms with Crippen LogP contribution in [0.4, 0.5) is 10.0 Å². The molecule has 3 heterocycles. The first kappa shape index (κ1) is 56.8. The number of benzene rings is 6. The molecule has 428 valence electrons. The van der Waals surface area contributed by atoms with Crippen molar-refractivity contribution in [1.82, 2.24) is 0 Å². The third kappa shape index (κ3) is 9.29. The molecule has 1 N–H and O–H groups in total. The number of thiophene rings is 3. The predicted molar refractivity (Wildman–Crippen MR) is 330 cm³/mol. The van der Waals surface area contributed by atoms with Crippen LogP contribution < -0.4 is 0 Å². The van der Waals surface area contributed by atoms with Crippen molar-refractivity contribution in [1.29, 1.82) is 21.0 Å². The van der Waals surface area contributed by atoms with Crippen molar-refractivity contribution < 1.29 is 48.0 Å². The van der Waals surface area contributed by atoms with E-state index in [0.29, 0.717) is 38.9 Å². The van der Waals surface area contributed by atoms with Crippen LogP contribution in [-0.4, -0.2) is 46.2 Å². The number of nitriles is 4. The standard InChI is InChI=1S/C70H40N6O10S3/c71-31-43(32-72)53-45-25-13-15-27-47(45)59(77)57(53)75-51-29-49-61(87-51)63-55(69(49,65(79)83-35-39-17-5-1-6-18-39)66(80)84-36-40-19-7-2-8-20-40)56-64(89-63)62-50(30-52(88-62)76-58-54(44(33-73)34-74)46-26-14-16-28-48(46)60(58)78)70(56,67(81)85-37-41-21-9-3-10-22-41)68(82)86-38-42-23-11-4-12-24-42/h1-30,59,77H,35-38H2/b75-57-,76-58+. The molecule has 0 amide bonds. The predicted octanol–water partition coefficient (Wildman–Crippen LogP) is 12.8. The maximum atomic E-state index is 16.3. The first-order valence-corrected chi connectivity index (χ1v) is 29.9. The maximum absolute atomic E-state index is 16.3. The average molecular weight is 1220 g/mol. The average Bonchev–Trinajstić information content (AvgIpc) is 1.49. The Hall–Kier alpha value is -11.3. The Kier molecular flexibility index (Phi) is 14.8. The largest absolute Gasteiger partial charge is 0.459 e. The van der Waals surface area contributed by atoms with Crippen molar-refractivity contribution in [2.75, 3.05) is 0 Å². The molecule has 0 spiro atoms. The molecule has 1 unspecified atom stereocenters. The lowest BCUT2D eigenvalue weighted by molar-refractivity contribution is -0.167. The molecule has 4 aliphatic carbocycles. The summed E-state index contributed by atoms with van der Waals surface area (Å²) >= 11 is 2.97. The highest BCUT2D eigenvalue weighted by molar-refractivity contribution is 7.29. The van der Waals surface area contributed by atoms with Crippen LogP contribution in [0.15, 0.2) is 203 Å². The first-order valence-electron chi connectivity index (χ1n) is 27.5. The van der Waals surface area contributed by atoms with Crippen LogP contribution in [0.5, 0.6) is 0 Å². The second-order valence-electron chi connectivity index (χ2n) is 20.7. The number of carbonyl (C=O) groups excluding carboxylic acids is 5. The summed E-state index contributed by atoms with van der Waals surface area (Å²) in [4.78, 5) is 90.2. The van der Waals surface area contributed by atoms with Gasteiger partial charge in [-0.25, -0.2) is 9.98 Å². The van der Waals surface area contributed by atoms with Gasteiger partial charge in [0.05, 0.1) is 25.2 Å². The second-order valence-corrected chi connectivity index (χ2v) is 23.8. The first-order chi connectivity index (χ1) is 43.4. The third-order valence-electron chi connectivity index (χ3n) is 15.7. The van der Waals surface area contributed by atoms with Crippen LogP contribution in [0.2, 0.25) is 0 Å². The minimum atomic E-state index is -2.73. The van der Waals surface area contributed by atoms with Gasteiger partial charge in [0.15, 0.2) is 0 Å². The molecule has 0 radical (unpaired) electrons. The van der Waals surface area contributed by atoms with Gasteiger partial charge in [-0.2, -0.15) is 21.0 Å². The number of aliphatic hydroxyl groups is 1. The number of aliphatic hydroxyl groups excluding tert-OH is 1. The molecular formula is C70H40N6O10S3. The van der Waals surface area contributed by atoms with Gasteiger partial charge >= 0.3 is 23.9 Å². The van der Waals surface area contributed by atoms with E-state index < -0.39 is 46.6 Å². The zero-order valence-electron chi connectivity index (χ0n) is 46.3. The third-order valence-corrected chi connectivity index (χ3v) is 19.3. The van der Waals surface area contributed by atoms with E-state index in [2.05, 4.69) is 0 Å². The van der Waals surface area contributed by atoms with Crippen LogP contribution in [0.3, 0.4) is 0 Å². The maximum Gasteiger partial charge on any atom is 0.333 e. The van der Waals surface area contributed by atoms with Crippen LogP contribution in [0.1, 0.15) is 77.7 Å². The molecule has 0 saturated carbocycles. The van der Waals surface area contributed by atoms with Gasteiger partial charge in [0.1, 0.15) is 83.7 Å². The van der Waals surface area contributed by atoms with E-state index in [1.165, 1.54) is 12.1 Å². The van der Waals surface area contributed by atoms with Gasteiger partial charge in [0.25, 0.3) is 0 Å². The minimum Gasteiger partial charge on any atom is -0.459 e. The van der Waals surface area contributed by atoms with Crippen LogP contribution in [0.25, 0.3) is 30.7 Å². The van der Waals surface area contributed by atoms with E-state index in [1.807, 2.05) is 24.3 Å². The number of ketones is 1. The molecule has 13 rings (SSSR count). The highest BCUT2D eigenvalue weighted by Gasteiger charge is 2.69. The van der Waals surface area contributed by atoms with Crippen molar-refractivity contribution in [2.24, 2.45) is 9.98 Å². The quantitative estimate of drug-likeness (QED) is 0.0459. The molecule has 0 bridgehead atoms. The monoisotopic (exact) mass is 1220 g/mol. The van der Waals surface area contributed by atoms with Gasteiger partial charge in [0.2, 0.25) is 16.6 Å². The van der Waals surface area contributed by atoms with E-state index >= 15 is 19.2 Å². The molecule has 0 saturated heterocycles. The fraction of sp³-hybridized carbons (Fsp3) is 0.100. The number of allylic oxidation sites excluding steroid dienone is 3. The molecule has 1 atom stereocenters. The number of aliphatic imine (C=N–C) groups is 2. The number of carbonyl (C=O) groups is 5. The highest BCUT2D eigenvalue weighted by Crippen LogP contribution is 2.68. The van der Waals surface area contributed by atoms with Gasteiger partial charge in [-0.3, -0.25) is 24.0 Å². The van der Waals surface area contributed by atoms with E-state index in [9.17, 15) is 30.9 Å². The number of esters is 4. The van der Waals surface area contributed by atoms with Gasteiger partial charge in [-0.15, -0.1) is 34.0 Å². The Balaban J connectivity index is 1.10. The lowest BCUT2D eigenvalue weighted by atomic mass is 9.70. The van der Waals surface area contributed by atoms with Gasteiger partial charge in [-0.1, -0.05) is 170 Å². The fourth-order valence-corrected chi connectivity index (χ4v) is 15.6. The normalized spacial score (nSPS) is 15.7. The zero-order valence-corrected chi connectivity index (χ0v) is 48.7. The van der Waals surface area contributed by atoms with Gasteiger partial charge in [-0.05, 0) is 51.1 Å². The molecule has 89 heavy (non-hydrogen) atoms. The van der Waals surface area contributed by atoms with Crippen LogP contribution in [-0.2, 0) is 75.4 Å². The topological polar surface area (TPSA) is 262 Å². The van der Waals surface area contributed by atoms with Gasteiger partial charge in [0, 0.05) is 39.0 Å². The minimum absolute atomic E-state index is 0.0127. The highest BCUT2D eigenvalue weighted by atomic mass is 32.1. The van der Waals surface area contributed by atoms with Crippen molar-refractivity contribution in [3.63, 3.8) is 0 Å². The molecule has 6 aromatic carbocycles. The van der Waals surface area contributed by atoms with Crippen molar-refractivity contribution >= 4 is 96.2 Å². The van der Waals surface area contributed by atoms with Crippen molar-refractivity contribution in [3.8, 4) is 43.8 Å². The summed E-state index contributed by atoms with van der Waals surface area (Å²) in [5.41, 5.74) is -3.33. The number of rotatable bonds is 14. The molecule has 16 nitrogen and oxygen atoms in total. The summed E-state index contributed by atoms with van der Waals surface area (Å²) in [6.45, 7) is -1.48. The Labute approximate surface area is 519 Å². The number of fused-ring (bicyclic) bond motifs is 9.